The molecule has 5 heteroatoms. The van der Waals surface area contributed by atoms with Crippen LogP contribution < -0.4 is 0 Å². The summed E-state index contributed by atoms with van der Waals surface area (Å²) in [6.07, 6.45) is 9.80. The van der Waals surface area contributed by atoms with E-state index in [1.165, 1.54) is 18.1 Å². The second kappa shape index (κ2) is 10.1. The smallest absolute Gasteiger partial charge is 0.309 e. The van der Waals surface area contributed by atoms with E-state index in [9.17, 15) is 14.7 Å². The van der Waals surface area contributed by atoms with E-state index in [-0.39, 0.29) is 41.8 Å². The summed E-state index contributed by atoms with van der Waals surface area (Å²) in [6, 6.07) is 0. The average molecular weight is 421 g/mol. The fraction of sp³-hybridized carbons (Fsp3) is 0.760. The van der Waals surface area contributed by atoms with Crippen LogP contribution in [-0.2, 0) is 19.1 Å². The number of carbonyl (C=O) groups excluding carboxylic acids is 2. The van der Waals surface area contributed by atoms with E-state index in [2.05, 4.69) is 46.8 Å². The zero-order chi connectivity index (χ0) is 22.5. The van der Waals surface area contributed by atoms with Crippen molar-refractivity contribution in [1.29, 1.82) is 0 Å². The van der Waals surface area contributed by atoms with Crippen LogP contribution in [-0.4, -0.2) is 36.4 Å². The summed E-state index contributed by atoms with van der Waals surface area (Å²) in [7, 11) is 0. The minimum absolute atomic E-state index is 0.0205. The Bertz CT molecular complexity index is 690. The molecule has 2 aliphatic carbocycles. The molecule has 2 aliphatic rings. The van der Waals surface area contributed by atoms with Gasteiger partial charge in [-0.25, -0.2) is 0 Å². The fourth-order valence-electron chi connectivity index (χ4n) is 5.59. The maximum absolute atomic E-state index is 13.2. The van der Waals surface area contributed by atoms with Crippen LogP contribution in [0.1, 0.15) is 80.1 Å². The van der Waals surface area contributed by atoms with Gasteiger partial charge in [-0.15, -0.1) is 0 Å². The molecule has 0 saturated heterocycles. The van der Waals surface area contributed by atoms with E-state index in [4.69, 9.17) is 9.47 Å². The fourth-order valence-corrected chi connectivity index (χ4v) is 5.59. The van der Waals surface area contributed by atoms with Crippen molar-refractivity contribution >= 4 is 11.9 Å². The van der Waals surface area contributed by atoms with Crippen LogP contribution in [0, 0.1) is 22.7 Å². The lowest BCUT2D eigenvalue weighted by Crippen LogP contribution is -2.55. The van der Waals surface area contributed by atoms with Crippen LogP contribution in [0.2, 0.25) is 0 Å². The first-order valence-electron chi connectivity index (χ1n) is 11.3. The van der Waals surface area contributed by atoms with Gasteiger partial charge in [0.1, 0.15) is 19.3 Å². The molecule has 1 fully saturated rings. The summed E-state index contributed by atoms with van der Waals surface area (Å²) in [5, 5.41) is 9.97. The van der Waals surface area contributed by atoms with Crippen molar-refractivity contribution in [2.75, 3.05) is 13.2 Å². The summed E-state index contributed by atoms with van der Waals surface area (Å²) in [4.78, 5) is 24.1. The molecule has 0 amide bonds. The minimum atomic E-state index is -0.998. The lowest BCUT2D eigenvalue weighted by atomic mass is 9.45. The van der Waals surface area contributed by atoms with Crippen molar-refractivity contribution in [3.8, 4) is 0 Å². The third-order valence-electron chi connectivity index (χ3n) is 7.50. The predicted octanol–water partition coefficient (Wildman–Crippen LogP) is 4.98. The van der Waals surface area contributed by atoms with Gasteiger partial charge in [0.15, 0.2) is 0 Å². The molecule has 30 heavy (non-hydrogen) atoms. The average Bonchev–Trinajstić information content (AvgIpc) is 2.66. The Kier molecular flexibility index (Phi) is 8.32. The summed E-state index contributed by atoms with van der Waals surface area (Å²) in [6.45, 7) is 12.0. The summed E-state index contributed by atoms with van der Waals surface area (Å²) in [5.74, 6) is -0.662. The van der Waals surface area contributed by atoms with Crippen molar-refractivity contribution < 1.29 is 24.2 Å². The molecule has 2 rings (SSSR count). The number of hydrogen-bond acceptors (Lipinski definition) is 5. The van der Waals surface area contributed by atoms with Gasteiger partial charge in [-0.2, -0.15) is 0 Å². The second-order valence-electron chi connectivity index (χ2n) is 9.92. The number of rotatable bonds is 8. The van der Waals surface area contributed by atoms with E-state index < -0.39 is 12.1 Å². The molecule has 170 valence electrons. The highest BCUT2D eigenvalue weighted by atomic mass is 16.6. The largest absolute Gasteiger partial charge is 0.463 e. The minimum Gasteiger partial charge on any atom is -0.463 e. The summed E-state index contributed by atoms with van der Waals surface area (Å²) < 4.78 is 10.3. The zero-order valence-electron chi connectivity index (χ0n) is 19.6. The molecular formula is C25H40O5. The quantitative estimate of drug-likeness (QED) is 0.443. The number of hydrogen-bond donors (Lipinski definition) is 1. The van der Waals surface area contributed by atoms with Crippen LogP contribution in [0.15, 0.2) is 23.3 Å². The van der Waals surface area contributed by atoms with E-state index in [0.29, 0.717) is 0 Å². The molecule has 0 spiro atoms. The maximum Gasteiger partial charge on any atom is 0.309 e. The van der Waals surface area contributed by atoms with Gasteiger partial charge in [-0.1, -0.05) is 44.1 Å². The zero-order valence-corrected chi connectivity index (χ0v) is 19.6. The first-order valence-corrected chi connectivity index (χ1v) is 11.3. The van der Waals surface area contributed by atoms with Crippen LogP contribution in [0.4, 0.5) is 0 Å². The van der Waals surface area contributed by atoms with Gasteiger partial charge in [0.05, 0.1) is 5.92 Å². The number of esters is 2. The Balaban J connectivity index is 2.14. The van der Waals surface area contributed by atoms with Gasteiger partial charge < -0.3 is 14.6 Å². The number of aliphatic hydroxyl groups is 1. The number of carbonyl (C=O) groups is 2. The van der Waals surface area contributed by atoms with Gasteiger partial charge in [0.25, 0.3) is 0 Å². The molecule has 0 heterocycles. The Morgan fingerprint density at radius 2 is 1.87 bits per heavy atom. The van der Waals surface area contributed by atoms with Gasteiger partial charge in [0, 0.05) is 6.92 Å². The first-order chi connectivity index (χ1) is 14.0. The highest BCUT2D eigenvalue weighted by Crippen LogP contribution is 2.63. The first kappa shape index (κ1) is 24.6. The van der Waals surface area contributed by atoms with E-state index in [1.807, 2.05) is 0 Å². The molecule has 5 nitrogen and oxygen atoms in total. The topological polar surface area (TPSA) is 72.8 Å². The Hall–Kier alpha value is -1.62. The number of fused-ring (bicyclic) bond motifs is 1. The van der Waals surface area contributed by atoms with E-state index in [0.717, 1.165) is 38.5 Å². The van der Waals surface area contributed by atoms with Crippen molar-refractivity contribution in [2.45, 2.75) is 86.2 Å². The van der Waals surface area contributed by atoms with Gasteiger partial charge in [-0.3, -0.25) is 9.59 Å². The third-order valence-corrected chi connectivity index (χ3v) is 7.50. The molecule has 0 aromatic carbocycles. The molecule has 1 N–H and O–H groups in total. The Morgan fingerprint density at radius 1 is 1.20 bits per heavy atom. The molecular weight excluding hydrogens is 380 g/mol. The normalized spacial score (nSPS) is 31.8. The SMILES string of the molecule is CC(=O)OCC(O)COC(=O)[C@H]1C(C)CC[C@]2(C)C(CCC=C(C)C)=CCC[C@]12C. The predicted molar refractivity (Wildman–Crippen MR) is 118 cm³/mol. The summed E-state index contributed by atoms with van der Waals surface area (Å²) in [5.41, 5.74) is 2.63. The molecule has 0 aromatic rings. The number of ether oxygens (including phenoxy) is 2. The monoisotopic (exact) mass is 420 g/mol. The maximum atomic E-state index is 13.2. The molecule has 0 aromatic heterocycles. The molecule has 0 aliphatic heterocycles. The van der Waals surface area contributed by atoms with E-state index >= 15 is 0 Å². The highest BCUT2D eigenvalue weighted by Gasteiger charge is 2.58. The van der Waals surface area contributed by atoms with Gasteiger partial charge >= 0.3 is 11.9 Å². The van der Waals surface area contributed by atoms with Crippen molar-refractivity contribution in [3.63, 3.8) is 0 Å². The molecule has 1 saturated carbocycles. The Labute approximate surface area is 181 Å². The third kappa shape index (κ3) is 5.35. The molecule has 0 radical (unpaired) electrons. The van der Waals surface area contributed by atoms with Crippen LogP contribution in [0.3, 0.4) is 0 Å². The number of aliphatic hydroxyl groups excluding tert-OH is 1. The number of allylic oxidation sites excluding steroid dienone is 4. The lowest BCUT2D eigenvalue weighted by molar-refractivity contribution is -0.171. The molecule has 5 atom stereocenters. The van der Waals surface area contributed by atoms with Crippen LogP contribution >= 0.6 is 0 Å². The van der Waals surface area contributed by atoms with Crippen molar-refractivity contribution in [3.05, 3.63) is 23.3 Å². The van der Waals surface area contributed by atoms with Crippen molar-refractivity contribution in [2.24, 2.45) is 22.7 Å². The van der Waals surface area contributed by atoms with E-state index in [1.54, 1.807) is 0 Å². The molecule has 2 unspecified atom stereocenters. The second-order valence-corrected chi connectivity index (χ2v) is 9.92. The standard InChI is InChI=1S/C25H40O5/c1-17(2)9-7-10-20-11-8-13-25(6)22(18(3)12-14-24(20,25)5)23(28)30-16-21(27)15-29-19(4)26/h9,11,18,21-22,27H,7-8,10,12-16H2,1-6H3/t18?,21?,22-,24-,25-/m1/s1. The Morgan fingerprint density at radius 3 is 2.50 bits per heavy atom. The summed E-state index contributed by atoms with van der Waals surface area (Å²) >= 11 is 0. The van der Waals surface area contributed by atoms with Crippen LogP contribution in [0.5, 0.6) is 0 Å². The molecule has 0 bridgehead atoms. The van der Waals surface area contributed by atoms with Crippen molar-refractivity contribution in [1.82, 2.24) is 0 Å². The van der Waals surface area contributed by atoms with Crippen LogP contribution in [0.25, 0.3) is 0 Å². The van der Waals surface area contributed by atoms with Gasteiger partial charge in [0.2, 0.25) is 0 Å². The lowest BCUT2D eigenvalue weighted by Gasteiger charge is -2.59. The highest BCUT2D eigenvalue weighted by molar-refractivity contribution is 5.74. The van der Waals surface area contributed by atoms with Gasteiger partial charge in [-0.05, 0) is 69.1 Å².